The molecule has 0 aliphatic rings. The third-order valence-electron chi connectivity index (χ3n) is 2.70. The maximum absolute atomic E-state index is 11.5. The minimum Gasteiger partial charge on any atom is -0.495 e. The van der Waals surface area contributed by atoms with Crippen molar-refractivity contribution in [3.05, 3.63) is 35.8 Å². The molecule has 0 atom stereocenters. The van der Waals surface area contributed by atoms with E-state index in [1.54, 1.807) is 12.1 Å². The molecule has 0 saturated carbocycles. The molecular weight excluding hydrogens is 288 g/mol. The highest BCUT2D eigenvalue weighted by molar-refractivity contribution is 5.90. The highest BCUT2D eigenvalue weighted by Crippen LogP contribution is 2.26. The van der Waals surface area contributed by atoms with Gasteiger partial charge in [-0.2, -0.15) is 10.5 Å². The van der Waals surface area contributed by atoms with Crippen molar-refractivity contribution in [2.75, 3.05) is 19.5 Å². The number of H-pyrrole nitrogens is 1. The van der Waals surface area contributed by atoms with Gasteiger partial charge in [0.05, 0.1) is 25.5 Å². The number of hydrogen-bond donors (Lipinski definition) is 2. The van der Waals surface area contributed by atoms with Crippen molar-refractivity contribution < 1.29 is 14.3 Å². The number of methoxy groups -OCH3 is 2. The first-order valence-electron chi connectivity index (χ1n) is 6.06. The molecule has 0 fully saturated rings. The summed E-state index contributed by atoms with van der Waals surface area (Å²) in [6.07, 6.45) is 1.42. The van der Waals surface area contributed by atoms with Gasteiger partial charge in [0, 0.05) is 6.20 Å². The monoisotopic (exact) mass is 300 g/mol. The Bertz CT molecular complexity index is 733. The van der Waals surface area contributed by atoms with Crippen LogP contribution in [0.5, 0.6) is 5.75 Å². The molecule has 9 nitrogen and oxygen atoms in total. The minimum atomic E-state index is -0.468. The summed E-state index contributed by atoms with van der Waals surface area (Å²) < 4.78 is 9.85. The number of allylic oxidation sites excluding steroid dienone is 1. The standard InChI is InChI=1S/C13H12N6O3/c1-21-11-5-8(13(20)22-2)3-4-10(11)15-7-9(6-14)12-16-18-19-17-12/h3-5,7,15H,1-2H3,(H,16,17,18,19). The molecule has 2 rings (SSSR count). The largest absolute Gasteiger partial charge is 0.495 e. The molecule has 1 aromatic heterocycles. The van der Waals surface area contributed by atoms with Crippen LogP contribution in [0.2, 0.25) is 0 Å². The Labute approximate surface area is 125 Å². The zero-order valence-corrected chi connectivity index (χ0v) is 11.8. The molecule has 0 unspecified atom stereocenters. The summed E-state index contributed by atoms with van der Waals surface area (Å²) in [5, 5.41) is 25.1. The number of nitrogens with one attached hydrogen (secondary N) is 2. The summed E-state index contributed by atoms with van der Waals surface area (Å²) in [6, 6.07) is 6.69. The zero-order valence-electron chi connectivity index (χ0n) is 11.8. The molecule has 0 amide bonds. The first-order valence-corrected chi connectivity index (χ1v) is 6.06. The Kier molecular flexibility index (Phi) is 4.66. The first-order chi connectivity index (χ1) is 10.7. The Balaban J connectivity index is 2.26. The molecule has 0 aliphatic carbocycles. The van der Waals surface area contributed by atoms with E-state index < -0.39 is 5.97 Å². The van der Waals surface area contributed by atoms with E-state index in [0.29, 0.717) is 17.0 Å². The summed E-state index contributed by atoms with van der Waals surface area (Å²) in [5.41, 5.74) is 1.10. The predicted octanol–water partition coefficient (Wildman–Crippen LogP) is 0.971. The number of carbonyl (C=O) groups excluding carboxylic acids is 1. The third-order valence-corrected chi connectivity index (χ3v) is 2.70. The van der Waals surface area contributed by atoms with Gasteiger partial charge in [-0.1, -0.05) is 0 Å². The van der Waals surface area contributed by atoms with Crippen molar-refractivity contribution in [2.45, 2.75) is 0 Å². The van der Waals surface area contributed by atoms with E-state index in [1.165, 1.54) is 26.5 Å². The number of benzene rings is 1. The summed E-state index contributed by atoms with van der Waals surface area (Å²) in [4.78, 5) is 11.5. The average Bonchev–Trinajstić information content (AvgIpc) is 3.09. The van der Waals surface area contributed by atoms with E-state index in [4.69, 9.17) is 10.00 Å². The van der Waals surface area contributed by atoms with Gasteiger partial charge in [-0.15, -0.1) is 10.2 Å². The Morgan fingerprint density at radius 1 is 1.45 bits per heavy atom. The van der Waals surface area contributed by atoms with Crippen LogP contribution in [0.15, 0.2) is 24.4 Å². The Morgan fingerprint density at radius 2 is 2.27 bits per heavy atom. The molecule has 0 radical (unpaired) electrons. The van der Waals surface area contributed by atoms with Gasteiger partial charge in [0.1, 0.15) is 17.4 Å². The first kappa shape index (κ1) is 15.0. The van der Waals surface area contributed by atoms with E-state index in [1.807, 2.05) is 6.07 Å². The SMILES string of the molecule is COC(=O)c1ccc(NC=C(C#N)c2nn[nH]n2)c(OC)c1. The van der Waals surface area contributed by atoms with Gasteiger partial charge in [0.15, 0.2) is 0 Å². The van der Waals surface area contributed by atoms with Crippen molar-refractivity contribution in [2.24, 2.45) is 0 Å². The number of carbonyl (C=O) groups is 1. The molecule has 0 spiro atoms. The lowest BCUT2D eigenvalue weighted by Crippen LogP contribution is -2.03. The van der Waals surface area contributed by atoms with Crippen LogP contribution in [-0.4, -0.2) is 40.8 Å². The molecule has 9 heteroatoms. The van der Waals surface area contributed by atoms with Crippen molar-refractivity contribution in [1.82, 2.24) is 20.6 Å². The molecule has 1 aromatic carbocycles. The molecule has 112 valence electrons. The molecule has 0 bridgehead atoms. The van der Waals surface area contributed by atoms with Crippen LogP contribution < -0.4 is 10.1 Å². The van der Waals surface area contributed by atoms with Crippen LogP contribution >= 0.6 is 0 Å². The van der Waals surface area contributed by atoms with Crippen LogP contribution in [0.4, 0.5) is 5.69 Å². The van der Waals surface area contributed by atoms with Crippen LogP contribution in [-0.2, 0) is 4.74 Å². The topological polar surface area (TPSA) is 126 Å². The second kappa shape index (κ2) is 6.85. The number of anilines is 1. The van der Waals surface area contributed by atoms with E-state index in [2.05, 4.69) is 30.7 Å². The molecule has 0 saturated heterocycles. The van der Waals surface area contributed by atoms with Gasteiger partial charge in [-0.05, 0) is 23.4 Å². The molecule has 2 aromatic rings. The fraction of sp³-hybridized carbons (Fsp3) is 0.154. The maximum Gasteiger partial charge on any atom is 0.337 e. The highest BCUT2D eigenvalue weighted by atomic mass is 16.5. The van der Waals surface area contributed by atoms with Crippen molar-refractivity contribution >= 4 is 17.2 Å². The van der Waals surface area contributed by atoms with Gasteiger partial charge < -0.3 is 14.8 Å². The second-order valence-corrected chi connectivity index (χ2v) is 3.96. The fourth-order valence-electron chi connectivity index (χ4n) is 1.63. The van der Waals surface area contributed by atoms with Gasteiger partial charge in [-0.25, -0.2) is 4.79 Å². The number of esters is 1. The lowest BCUT2D eigenvalue weighted by molar-refractivity contribution is 0.0600. The van der Waals surface area contributed by atoms with Gasteiger partial charge in [-0.3, -0.25) is 0 Å². The van der Waals surface area contributed by atoms with Crippen LogP contribution in [0, 0.1) is 11.3 Å². The normalized spacial score (nSPS) is 10.7. The number of nitriles is 1. The van der Waals surface area contributed by atoms with E-state index in [-0.39, 0.29) is 11.4 Å². The summed E-state index contributed by atoms with van der Waals surface area (Å²) in [7, 11) is 2.77. The quantitative estimate of drug-likeness (QED) is 0.618. The Morgan fingerprint density at radius 3 is 2.86 bits per heavy atom. The molecular formula is C13H12N6O3. The van der Waals surface area contributed by atoms with E-state index in [9.17, 15) is 4.79 Å². The predicted molar refractivity (Wildman–Crippen MR) is 75.7 cm³/mol. The number of rotatable bonds is 5. The second-order valence-electron chi connectivity index (χ2n) is 3.96. The summed E-state index contributed by atoms with van der Waals surface area (Å²) in [5.74, 6) is 0.120. The number of tetrazole rings is 1. The molecule has 22 heavy (non-hydrogen) atoms. The van der Waals surface area contributed by atoms with Gasteiger partial charge in [0.25, 0.3) is 0 Å². The maximum atomic E-state index is 11.5. The van der Waals surface area contributed by atoms with Gasteiger partial charge >= 0.3 is 5.97 Å². The fourth-order valence-corrected chi connectivity index (χ4v) is 1.63. The summed E-state index contributed by atoms with van der Waals surface area (Å²) >= 11 is 0. The number of aromatic amines is 1. The minimum absolute atomic E-state index is 0.167. The highest BCUT2D eigenvalue weighted by Gasteiger charge is 2.11. The number of nitrogens with zero attached hydrogens (tertiary/aromatic N) is 4. The summed E-state index contributed by atoms with van der Waals surface area (Å²) in [6.45, 7) is 0. The molecule has 0 aliphatic heterocycles. The molecule has 1 heterocycles. The zero-order chi connectivity index (χ0) is 15.9. The van der Waals surface area contributed by atoms with Crippen LogP contribution in [0.25, 0.3) is 5.57 Å². The smallest absolute Gasteiger partial charge is 0.337 e. The van der Waals surface area contributed by atoms with Crippen LogP contribution in [0.1, 0.15) is 16.2 Å². The lowest BCUT2D eigenvalue weighted by Gasteiger charge is -2.09. The Hall–Kier alpha value is -3.41. The van der Waals surface area contributed by atoms with E-state index in [0.717, 1.165) is 0 Å². The third kappa shape index (κ3) is 3.18. The van der Waals surface area contributed by atoms with Crippen LogP contribution in [0.3, 0.4) is 0 Å². The lowest BCUT2D eigenvalue weighted by atomic mass is 10.2. The number of ether oxygens (including phenoxy) is 2. The molecule has 2 N–H and O–H groups in total. The van der Waals surface area contributed by atoms with Gasteiger partial charge in [0.2, 0.25) is 5.82 Å². The van der Waals surface area contributed by atoms with E-state index >= 15 is 0 Å². The number of aromatic nitrogens is 4. The number of hydrogen-bond acceptors (Lipinski definition) is 8. The van der Waals surface area contributed by atoms with Crippen molar-refractivity contribution in [3.63, 3.8) is 0 Å². The van der Waals surface area contributed by atoms with Crippen molar-refractivity contribution in [1.29, 1.82) is 5.26 Å². The van der Waals surface area contributed by atoms with Crippen molar-refractivity contribution in [3.8, 4) is 11.8 Å². The average molecular weight is 300 g/mol.